The van der Waals surface area contributed by atoms with E-state index in [1.54, 1.807) is 24.3 Å². The second-order valence-electron chi connectivity index (χ2n) is 7.80. The number of aromatic nitrogens is 4. The molecule has 1 aliphatic rings. The van der Waals surface area contributed by atoms with Gasteiger partial charge in [-0.15, -0.1) is 0 Å². The van der Waals surface area contributed by atoms with E-state index in [-0.39, 0.29) is 47.0 Å². The van der Waals surface area contributed by atoms with Crippen molar-refractivity contribution >= 4 is 68.5 Å². The van der Waals surface area contributed by atoms with Gasteiger partial charge in [-0.05, 0) is 0 Å². The fourth-order valence-electron chi connectivity index (χ4n) is 3.54. The summed E-state index contributed by atoms with van der Waals surface area (Å²) >= 11 is 24.1. The van der Waals surface area contributed by atoms with E-state index in [2.05, 4.69) is 19.9 Å². The van der Waals surface area contributed by atoms with Crippen LogP contribution in [0.3, 0.4) is 0 Å². The van der Waals surface area contributed by atoms with Crippen molar-refractivity contribution in [1.82, 2.24) is 19.9 Å². The molecule has 0 saturated carbocycles. The van der Waals surface area contributed by atoms with E-state index in [1.165, 1.54) is 0 Å². The van der Waals surface area contributed by atoms with E-state index in [4.69, 9.17) is 74.8 Å². The van der Waals surface area contributed by atoms with Gasteiger partial charge in [0.25, 0.3) is 0 Å². The predicted octanol–water partition coefficient (Wildman–Crippen LogP) is 5.45. The largest absolute Gasteiger partial charge is 0.487 e. The molecule has 10 nitrogen and oxygen atoms in total. The van der Waals surface area contributed by atoms with Gasteiger partial charge in [0, 0.05) is 24.3 Å². The molecule has 0 amide bonds. The average Bonchev–Trinajstić information content (AvgIpc) is 2.89. The highest BCUT2D eigenvalue weighted by Gasteiger charge is 2.15. The lowest BCUT2D eigenvalue weighted by atomic mass is 10.2. The lowest BCUT2D eigenvalue weighted by molar-refractivity contribution is 0.0641. The smallest absolute Gasteiger partial charge is 0.167 e. The van der Waals surface area contributed by atoms with Gasteiger partial charge in [-0.2, -0.15) is 0 Å². The Bertz CT molecular complexity index is 1250. The summed E-state index contributed by atoms with van der Waals surface area (Å²) in [4.78, 5) is 17.0. The molecule has 4 aromatic rings. The number of benzene rings is 2. The molecule has 0 spiro atoms. The number of hydrogen-bond acceptors (Lipinski definition) is 10. The lowest BCUT2D eigenvalue weighted by Gasteiger charge is -2.16. The summed E-state index contributed by atoms with van der Waals surface area (Å²) in [5, 5.41) is 0.417. The van der Waals surface area contributed by atoms with E-state index in [1.807, 2.05) is 0 Å². The van der Waals surface area contributed by atoms with Crippen molar-refractivity contribution in [2.45, 2.75) is 0 Å². The summed E-state index contributed by atoms with van der Waals surface area (Å²) in [5.41, 5.74) is 2.08. The van der Waals surface area contributed by atoms with Gasteiger partial charge >= 0.3 is 0 Å². The molecule has 3 heterocycles. The Morgan fingerprint density at radius 3 is 0.868 bits per heavy atom. The van der Waals surface area contributed by atoms with Gasteiger partial charge in [-0.1, -0.05) is 46.4 Å². The number of fused-ring (bicyclic) bond motifs is 4. The first kappa shape index (κ1) is 27.0. The highest BCUT2D eigenvalue weighted by atomic mass is 35.5. The molecule has 14 heteroatoms. The van der Waals surface area contributed by atoms with Gasteiger partial charge in [0.2, 0.25) is 0 Å². The van der Waals surface area contributed by atoms with Gasteiger partial charge in [-0.3, -0.25) is 0 Å². The normalized spacial score (nSPS) is 15.7. The van der Waals surface area contributed by atoms with E-state index in [0.29, 0.717) is 71.5 Å². The van der Waals surface area contributed by atoms with Crippen LogP contribution in [0, 0.1) is 0 Å². The number of hydrogen-bond donors (Lipinski definition) is 0. The number of ether oxygens (including phenoxy) is 6. The molecule has 1 aliphatic heterocycles. The van der Waals surface area contributed by atoms with Gasteiger partial charge in [0.05, 0.1) is 48.5 Å². The maximum absolute atomic E-state index is 6.02. The first-order valence-corrected chi connectivity index (χ1v) is 13.0. The van der Waals surface area contributed by atoms with Crippen LogP contribution in [0.15, 0.2) is 24.3 Å². The van der Waals surface area contributed by atoms with Gasteiger partial charge in [0.1, 0.15) is 26.4 Å². The molecule has 200 valence electrons. The van der Waals surface area contributed by atoms with E-state index < -0.39 is 0 Å². The van der Waals surface area contributed by atoms with E-state index in [0.717, 1.165) is 0 Å². The van der Waals surface area contributed by atoms with E-state index >= 15 is 0 Å². The Hall–Kier alpha value is -2.60. The zero-order valence-corrected chi connectivity index (χ0v) is 22.7. The Kier molecular flexibility index (Phi) is 8.88. The molecule has 0 saturated heterocycles. The molecule has 0 N–H and O–H groups in total. The van der Waals surface area contributed by atoms with Crippen molar-refractivity contribution in [2.24, 2.45) is 0 Å². The van der Waals surface area contributed by atoms with Crippen molar-refractivity contribution in [1.29, 1.82) is 0 Å². The number of halogens is 4. The molecule has 0 aliphatic carbocycles. The second-order valence-corrected chi connectivity index (χ2v) is 9.24. The predicted molar refractivity (Wildman–Crippen MR) is 143 cm³/mol. The van der Waals surface area contributed by atoms with Crippen molar-refractivity contribution in [2.75, 3.05) is 52.9 Å². The molecule has 2 aromatic carbocycles. The quantitative estimate of drug-likeness (QED) is 0.258. The summed E-state index contributed by atoms with van der Waals surface area (Å²) in [7, 11) is 0. The third-order valence-corrected chi connectivity index (χ3v) is 6.49. The first-order valence-electron chi connectivity index (χ1n) is 11.5. The minimum atomic E-state index is 0.104. The number of rotatable bonds is 0. The van der Waals surface area contributed by atoms with Crippen LogP contribution in [0.25, 0.3) is 22.1 Å². The topological polar surface area (TPSA) is 107 Å². The van der Waals surface area contributed by atoms with Crippen LogP contribution in [0.5, 0.6) is 23.0 Å². The Morgan fingerprint density at radius 1 is 0.395 bits per heavy atom. The van der Waals surface area contributed by atoms with E-state index in [9.17, 15) is 0 Å². The molecule has 38 heavy (non-hydrogen) atoms. The zero-order chi connectivity index (χ0) is 26.5. The number of nitrogens with zero attached hydrogens (tertiary/aromatic N) is 4. The SMILES string of the molecule is Clc1nc2cc3c(cc2nc1Cl)OCCOCCOc1cc2nc(Cl)c(Cl)nc2cc1OCCOCCO3. The van der Waals surface area contributed by atoms with Crippen molar-refractivity contribution < 1.29 is 28.4 Å². The average molecular weight is 602 g/mol. The first-order chi connectivity index (χ1) is 18.5. The fourth-order valence-corrected chi connectivity index (χ4v) is 4.07. The van der Waals surface area contributed by atoms with Crippen LogP contribution in [0.1, 0.15) is 0 Å². The Morgan fingerprint density at radius 2 is 0.632 bits per heavy atom. The van der Waals surface area contributed by atoms with Crippen LogP contribution < -0.4 is 18.9 Å². The minimum Gasteiger partial charge on any atom is -0.487 e. The van der Waals surface area contributed by atoms with Gasteiger partial charge in [0.15, 0.2) is 43.6 Å². The van der Waals surface area contributed by atoms with Crippen LogP contribution in [-0.2, 0) is 9.47 Å². The molecular weight excluding hydrogens is 582 g/mol. The summed E-state index contributed by atoms with van der Waals surface area (Å²) in [6.07, 6.45) is 0. The summed E-state index contributed by atoms with van der Waals surface area (Å²) in [6.45, 7) is 2.24. The molecule has 0 atom stereocenters. The standard InChI is InChI=1S/C24H20Cl4N4O6/c25-21-22(26)30-14-10-18-17(9-13(14)29-21)35-5-1-33-2-6-36-19-11-15-16(32-24(28)23(27)31-15)12-20(19)38-8-4-34-3-7-37-18/h9-12H,1-8H2. The molecule has 0 radical (unpaired) electrons. The third kappa shape index (κ3) is 6.51. The summed E-state index contributed by atoms with van der Waals surface area (Å²) in [5.74, 6) is 1.87. The van der Waals surface area contributed by atoms with Crippen LogP contribution in [-0.4, -0.2) is 72.8 Å². The Balaban J connectivity index is 1.30. The lowest BCUT2D eigenvalue weighted by Crippen LogP contribution is -2.15. The fraction of sp³-hybridized carbons (Fsp3) is 0.333. The van der Waals surface area contributed by atoms with Crippen LogP contribution in [0.4, 0.5) is 0 Å². The molecule has 0 fully saturated rings. The van der Waals surface area contributed by atoms with Gasteiger partial charge in [-0.25, -0.2) is 19.9 Å². The van der Waals surface area contributed by atoms with Crippen LogP contribution >= 0.6 is 46.4 Å². The molecule has 0 bridgehead atoms. The maximum Gasteiger partial charge on any atom is 0.167 e. The molecule has 2 aromatic heterocycles. The summed E-state index contributed by atoms with van der Waals surface area (Å²) < 4.78 is 34.9. The highest BCUT2D eigenvalue weighted by Crippen LogP contribution is 2.34. The highest BCUT2D eigenvalue weighted by molar-refractivity contribution is 6.41. The summed E-state index contributed by atoms with van der Waals surface area (Å²) in [6, 6.07) is 6.78. The minimum absolute atomic E-state index is 0.104. The third-order valence-electron chi connectivity index (χ3n) is 5.24. The molecular formula is C24H20Cl4N4O6. The van der Waals surface area contributed by atoms with Crippen molar-refractivity contribution in [3.8, 4) is 23.0 Å². The second kappa shape index (κ2) is 12.5. The zero-order valence-electron chi connectivity index (χ0n) is 19.7. The Labute approximate surface area is 237 Å². The van der Waals surface area contributed by atoms with Crippen molar-refractivity contribution in [3.05, 3.63) is 44.9 Å². The van der Waals surface area contributed by atoms with Gasteiger partial charge < -0.3 is 28.4 Å². The van der Waals surface area contributed by atoms with Crippen molar-refractivity contribution in [3.63, 3.8) is 0 Å². The molecule has 0 unspecified atom stereocenters. The monoisotopic (exact) mass is 600 g/mol. The van der Waals surface area contributed by atoms with Crippen LogP contribution in [0.2, 0.25) is 20.6 Å². The molecule has 5 rings (SSSR count). The maximum atomic E-state index is 6.02.